The molecule has 4 amide bonds. The summed E-state index contributed by atoms with van der Waals surface area (Å²) in [6.45, 7) is 6.51. The SMILES string of the molecule is Cc1cc(NC(=O)CN2C(=O)NC(C)(c3cc(C)oc3C)C2=O)n(C)n1. The number of carbonyl (C=O) groups excluding carboxylic acids is 3. The molecule has 1 fully saturated rings. The molecule has 3 rings (SSSR count). The van der Waals surface area contributed by atoms with E-state index in [1.54, 1.807) is 46.9 Å². The third kappa shape index (κ3) is 2.85. The lowest BCUT2D eigenvalue weighted by molar-refractivity contribution is -0.133. The predicted molar refractivity (Wildman–Crippen MR) is 92.4 cm³/mol. The van der Waals surface area contributed by atoms with Gasteiger partial charge in [0.2, 0.25) is 5.91 Å². The van der Waals surface area contributed by atoms with Gasteiger partial charge in [0, 0.05) is 18.7 Å². The molecule has 1 aliphatic heterocycles. The largest absolute Gasteiger partial charge is 0.466 e. The normalized spacial score (nSPS) is 19.8. The van der Waals surface area contributed by atoms with Gasteiger partial charge in [-0.2, -0.15) is 5.10 Å². The van der Waals surface area contributed by atoms with E-state index in [0.717, 1.165) is 10.6 Å². The molecule has 0 aliphatic carbocycles. The Balaban J connectivity index is 1.78. The molecule has 9 nitrogen and oxygen atoms in total. The lowest BCUT2D eigenvalue weighted by Crippen LogP contribution is -2.42. The van der Waals surface area contributed by atoms with Crippen LogP contribution in [0.2, 0.25) is 0 Å². The van der Waals surface area contributed by atoms with E-state index < -0.39 is 23.4 Å². The van der Waals surface area contributed by atoms with Crippen molar-refractivity contribution in [3.8, 4) is 0 Å². The summed E-state index contributed by atoms with van der Waals surface area (Å²) in [6, 6.07) is 2.80. The number of nitrogens with one attached hydrogen (secondary N) is 2. The molecule has 0 bridgehead atoms. The van der Waals surface area contributed by atoms with Crippen molar-refractivity contribution in [1.29, 1.82) is 0 Å². The number of nitrogens with zero attached hydrogens (tertiary/aromatic N) is 3. The van der Waals surface area contributed by atoms with E-state index in [4.69, 9.17) is 4.42 Å². The second-order valence-corrected chi connectivity index (χ2v) is 6.62. The van der Waals surface area contributed by atoms with Crippen molar-refractivity contribution >= 4 is 23.7 Å². The van der Waals surface area contributed by atoms with Crippen LogP contribution in [-0.4, -0.2) is 39.1 Å². The van der Waals surface area contributed by atoms with Gasteiger partial charge in [0.15, 0.2) is 0 Å². The molecule has 1 unspecified atom stereocenters. The van der Waals surface area contributed by atoms with Crippen molar-refractivity contribution in [2.75, 3.05) is 11.9 Å². The minimum absolute atomic E-state index is 0.389. The fourth-order valence-electron chi connectivity index (χ4n) is 3.20. The van der Waals surface area contributed by atoms with E-state index >= 15 is 0 Å². The summed E-state index contributed by atoms with van der Waals surface area (Å²) < 4.78 is 6.99. The first-order chi connectivity index (χ1) is 12.1. The Morgan fingerprint density at radius 1 is 1.31 bits per heavy atom. The minimum Gasteiger partial charge on any atom is -0.466 e. The fourth-order valence-corrected chi connectivity index (χ4v) is 3.20. The van der Waals surface area contributed by atoms with E-state index in [9.17, 15) is 14.4 Å². The number of hydrogen-bond donors (Lipinski definition) is 2. The Labute approximate surface area is 150 Å². The Morgan fingerprint density at radius 3 is 2.54 bits per heavy atom. The van der Waals surface area contributed by atoms with Crippen LogP contribution >= 0.6 is 0 Å². The summed E-state index contributed by atoms with van der Waals surface area (Å²) in [5, 5.41) is 9.45. The maximum atomic E-state index is 12.9. The van der Waals surface area contributed by atoms with Gasteiger partial charge in [0.25, 0.3) is 5.91 Å². The van der Waals surface area contributed by atoms with Gasteiger partial charge < -0.3 is 15.1 Å². The van der Waals surface area contributed by atoms with Crippen LogP contribution in [-0.2, 0) is 22.2 Å². The first kappa shape index (κ1) is 17.7. The average Bonchev–Trinajstić information content (AvgIpc) is 3.11. The van der Waals surface area contributed by atoms with Crippen molar-refractivity contribution < 1.29 is 18.8 Å². The number of rotatable bonds is 4. The van der Waals surface area contributed by atoms with Crippen LogP contribution in [0.4, 0.5) is 10.6 Å². The Morgan fingerprint density at radius 2 is 2.00 bits per heavy atom. The van der Waals surface area contributed by atoms with Gasteiger partial charge in [-0.3, -0.25) is 19.2 Å². The molecule has 3 heterocycles. The number of furan rings is 1. The van der Waals surface area contributed by atoms with Crippen LogP contribution in [0.1, 0.15) is 29.7 Å². The molecule has 9 heteroatoms. The summed E-state index contributed by atoms with van der Waals surface area (Å²) in [5.41, 5.74) is 0.0668. The van der Waals surface area contributed by atoms with Crippen molar-refractivity contribution in [2.45, 2.75) is 33.2 Å². The Hall–Kier alpha value is -3.10. The summed E-state index contributed by atoms with van der Waals surface area (Å²) in [7, 11) is 1.69. The number of aromatic nitrogens is 2. The van der Waals surface area contributed by atoms with Gasteiger partial charge in [0.1, 0.15) is 29.4 Å². The van der Waals surface area contributed by atoms with Crippen molar-refractivity contribution in [2.24, 2.45) is 7.05 Å². The quantitative estimate of drug-likeness (QED) is 0.801. The first-order valence-electron chi connectivity index (χ1n) is 8.14. The van der Waals surface area contributed by atoms with Gasteiger partial charge in [-0.25, -0.2) is 4.79 Å². The molecule has 138 valence electrons. The van der Waals surface area contributed by atoms with E-state index in [-0.39, 0.29) is 6.54 Å². The van der Waals surface area contributed by atoms with Crippen LogP contribution in [0.25, 0.3) is 0 Å². The highest BCUT2D eigenvalue weighted by atomic mass is 16.3. The second kappa shape index (κ2) is 6.01. The molecule has 2 aromatic rings. The van der Waals surface area contributed by atoms with Gasteiger partial charge in [-0.05, 0) is 33.8 Å². The number of imide groups is 1. The third-order valence-electron chi connectivity index (χ3n) is 4.43. The van der Waals surface area contributed by atoms with E-state index in [0.29, 0.717) is 22.9 Å². The highest BCUT2D eigenvalue weighted by molar-refractivity contribution is 6.10. The molecular weight excluding hydrogens is 338 g/mol. The molecule has 2 N–H and O–H groups in total. The highest BCUT2D eigenvalue weighted by Gasteiger charge is 2.51. The monoisotopic (exact) mass is 359 g/mol. The third-order valence-corrected chi connectivity index (χ3v) is 4.43. The van der Waals surface area contributed by atoms with Crippen LogP contribution < -0.4 is 10.6 Å². The smallest absolute Gasteiger partial charge is 0.325 e. The average molecular weight is 359 g/mol. The molecule has 0 saturated carbocycles. The number of anilines is 1. The number of carbonyl (C=O) groups is 3. The van der Waals surface area contributed by atoms with Crippen molar-refractivity contribution in [1.82, 2.24) is 20.0 Å². The Bertz CT molecular complexity index is 912. The van der Waals surface area contributed by atoms with Crippen molar-refractivity contribution in [3.05, 3.63) is 34.9 Å². The molecule has 1 saturated heterocycles. The maximum Gasteiger partial charge on any atom is 0.325 e. The molecule has 2 aromatic heterocycles. The number of aryl methyl sites for hydroxylation is 4. The van der Waals surface area contributed by atoms with Crippen LogP contribution in [0.5, 0.6) is 0 Å². The van der Waals surface area contributed by atoms with Crippen LogP contribution in [0.15, 0.2) is 16.5 Å². The summed E-state index contributed by atoms with van der Waals surface area (Å²) in [4.78, 5) is 38.4. The molecule has 0 spiro atoms. The summed E-state index contributed by atoms with van der Waals surface area (Å²) >= 11 is 0. The fraction of sp³-hybridized carbons (Fsp3) is 0.412. The molecule has 0 radical (unpaired) electrons. The van der Waals surface area contributed by atoms with Gasteiger partial charge >= 0.3 is 6.03 Å². The van der Waals surface area contributed by atoms with E-state index in [2.05, 4.69) is 15.7 Å². The molecular formula is C17H21N5O4. The lowest BCUT2D eigenvalue weighted by atomic mass is 9.92. The Kier molecular flexibility index (Phi) is 4.09. The molecule has 1 atom stereocenters. The zero-order valence-electron chi connectivity index (χ0n) is 15.3. The van der Waals surface area contributed by atoms with Gasteiger partial charge in [-0.1, -0.05) is 0 Å². The predicted octanol–water partition coefficient (Wildman–Crippen LogP) is 1.34. The highest BCUT2D eigenvalue weighted by Crippen LogP contribution is 2.32. The van der Waals surface area contributed by atoms with E-state index in [1.807, 2.05) is 0 Å². The zero-order chi connectivity index (χ0) is 19.2. The standard InChI is InChI=1S/C17H21N5O4/c1-9-6-13(21(5)20-9)18-14(23)8-22-15(24)17(4,19-16(22)25)12-7-10(2)26-11(12)3/h6-7H,8H2,1-5H3,(H,18,23)(H,19,25). The van der Waals surface area contributed by atoms with Crippen molar-refractivity contribution in [3.63, 3.8) is 0 Å². The molecule has 0 aromatic carbocycles. The second-order valence-electron chi connectivity index (χ2n) is 6.62. The molecule has 26 heavy (non-hydrogen) atoms. The first-order valence-corrected chi connectivity index (χ1v) is 8.14. The number of amides is 4. The van der Waals surface area contributed by atoms with E-state index in [1.165, 1.54) is 4.68 Å². The number of hydrogen-bond acceptors (Lipinski definition) is 5. The molecule has 1 aliphatic rings. The minimum atomic E-state index is -1.26. The maximum absolute atomic E-state index is 12.9. The van der Waals surface area contributed by atoms with Gasteiger partial charge in [-0.15, -0.1) is 0 Å². The summed E-state index contributed by atoms with van der Waals surface area (Å²) in [5.74, 6) is 0.700. The lowest BCUT2D eigenvalue weighted by Gasteiger charge is -2.21. The number of urea groups is 1. The topological polar surface area (TPSA) is 109 Å². The van der Waals surface area contributed by atoms with Crippen LogP contribution in [0.3, 0.4) is 0 Å². The zero-order valence-corrected chi connectivity index (χ0v) is 15.3. The van der Waals surface area contributed by atoms with Crippen LogP contribution in [0, 0.1) is 20.8 Å². The van der Waals surface area contributed by atoms with Gasteiger partial charge in [0.05, 0.1) is 5.69 Å². The summed E-state index contributed by atoms with van der Waals surface area (Å²) in [6.07, 6.45) is 0.